The number of likely N-dealkylation sites (tertiary alicyclic amines) is 1. The van der Waals surface area contributed by atoms with Crippen molar-refractivity contribution in [3.05, 3.63) is 11.9 Å². The van der Waals surface area contributed by atoms with Gasteiger partial charge in [0.05, 0.1) is 29.5 Å². The van der Waals surface area contributed by atoms with E-state index in [4.69, 9.17) is 16.2 Å². The lowest BCUT2D eigenvalue weighted by molar-refractivity contribution is -0.146. The zero-order chi connectivity index (χ0) is 21.4. The van der Waals surface area contributed by atoms with E-state index in [0.29, 0.717) is 25.1 Å². The predicted molar refractivity (Wildman–Crippen MR) is 100 cm³/mol. The Balaban J connectivity index is 2.02. The van der Waals surface area contributed by atoms with Crippen molar-refractivity contribution in [3.8, 4) is 0 Å². The Labute approximate surface area is 168 Å². The van der Waals surface area contributed by atoms with Gasteiger partial charge in [-0.3, -0.25) is 19.3 Å². The maximum absolute atomic E-state index is 12.9. The number of aliphatic hydroxyl groups is 1. The molecule has 3 heterocycles. The van der Waals surface area contributed by atoms with Gasteiger partial charge in [0.1, 0.15) is 5.60 Å². The molecular weight excluding hydrogens is 380 g/mol. The molecule has 0 bridgehead atoms. The summed E-state index contributed by atoms with van der Waals surface area (Å²) in [6.45, 7) is 4.18. The summed E-state index contributed by atoms with van der Waals surface area (Å²) in [5.41, 5.74) is 9.07. The van der Waals surface area contributed by atoms with Crippen LogP contribution in [0.3, 0.4) is 0 Å². The number of Topliss-reactive ketones (excluding diaryl/α,β-unsaturated/α-hetero) is 1. The molecule has 0 spiro atoms. The summed E-state index contributed by atoms with van der Waals surface area (Å²) in [5.74, 6) is -2.38. The Morgan fingerprint density at radius 2 is 2.00 bits per heavy atom. The number of hydrogen-bond acceptors (Lipinski definition) is 8. The normalized spacial score (nSPS) is 28.8. The van der Waals surface area contributed by atoms with Crippen LogP contribution in [0.4, 0.5) is 0 Å². The number of amides is 2. The second-order valence-corrected chi connectivity index (χ2v) is 8.27. The van der Waals surface area contributed by atoms with Crippen LogP contribution < -0.4 is 11.5 Å². The number of ether oxygens (including phenoxy) is 1. The van der Waals surface area contributed by atoms with Crippen LogP contribution in [0.5, 0.6) is 0 Å². The molecule has 3 rings (SSSR count). The number of nitrogens with zero attached hydrogens (tertiary/aromatic N) is 4. The van der Waals surface area contributed by atoms with Gasteiger partial charge in [0, 0.05) is 19.8 Å². The van der Waals surface area contributed by atoms with E-state index in [1.54, 1.807) is 23.4 Å². The summed E-state index contributed by atoms with van der Waals surface area (Å²) in [6, 6.07) is -1.15. The number of nitrogens with two attached hydrogens (primary N) is 2. The molecule has 0 aromatic carbocycles. The SMILES string of the molecule is CC(C)(O)c1cnnn1C1CC(C(N)=O)N([C@]2(C(=O)C(N)=O)CCCOCC2)C1. The Kier molecular flexibility index (Phi) is 5.74. The van der Waals surface area contributed by atoms with Crippen LogP contribution in [0, 0.1) is 0 Å². The van der Waals surface area contributed by atoms with E-state index in [1.807, 2.05) is 0 Å². The first-order valence-electron chi connectivity index (χ1n) is 9.69. The van der Waals surface area contributed by atoms with Gasteiger partial charge in [-0.1, -0.05) is 5.21 Å². The maximum atomic E-state index is 12.9. The first kappa shape index (κ1) is 21.3. The first-order chi connectivity index (χ1) is 13.6. The Morgan fingerprint density at radius 3 is 2.62 bits per heavy atom. The average Bonchev–Trinajstić information content (AvgIpc) is 3.23. The first-order valence-corrected chi connectivity index (χ1v) is 9.69. The number of carbonyl (C=O) groups is 3. The molecule has 2 unspecified atom stereocenters. The van der Waals surface area contributed by atoms with Gasteiger partial charge < -0.3 is 21.3 Å². The summed E-state index contributed by atoms with van der Waals surface area (Å²) < 4.78 is 7.05. The van der Waals surface area contributed by atoms with Gasteiger partial charge in [-0.25, -0.2) is 4.68 Å². The van der Waals surface area contributed by atoms with Gasteiger partial charge in [0.15, 0.2) is 0 Å². The number of primary amides is 2. The van der Waals surface area contributed by atoms with Gasteiger partial charge in [-0.05, 0) is 39.5 Å². The fourth-order valence-electron chi connectivity index (χ4n) is 4.49. The Bertz CT molecular complexity index is 793. The minimum atomic E-state index is -1.26. The Morgan fingerprint density at radius 1 is 1.28 bits per heavy atom. The zero-order valence-corrected chi connectivity index (χ0v) is 16.7. The molecule has 2 fully saturated rings. The summed E-state index contributed by atoms with van der Waals surface area (Å²) >= 11 is 0. The summed E-state index contributed by atoms with van der Waals surface area (Å²) in [6.07, 6.45) is 2.86. The largest absolute Gasteiger partial charge is 0.384 e. The van der Waals surface area contributed by atoms with Crippen LogP contribution in [0.2, 0.25) is 0 Å². The number of aromatic nitrogens is 3. The van der Waals surface area contributed by atoms with Crippen LogP contribution in [0.15, 0.2) is 6.20 Å². The van der Waals surface area contributed by atoms with Crippen LogP contribution in [0.1, 0.15) is 51.3 Å². The summed E-state index contributed by atoms with van der Waals surface area (Å²) in [5, 5.41) is 18.4. The molecule has 160 valence electrons. The van der Waals surface area contributed by atoms with Crippen LogP contribution in [-0.2, 0) is 24.7 Å². The quantitative estimate of drug-likeness (QED) is 0.483. The molecule has 0 aliphatic carbocycles. The van der Waals surface area contributed by atoms with Crippen molar-refractivity contribution >= 4 is 17.6 Å². The van der Waals surface area contributed by atoms with Gasteiger partial charge in [0.25, 0.3) is 5.91 Å². The van der Waals surface area contributed by atoms with Crippen LogP contribution >= 0.6 is 0 Å². The highest BCUT2D eigenvalue weighted by Gasteiger charge is 2.54. The van der Waals surface area contributed by atoms with E-state index >= 15 is 0 Å². The number of ketones is 1. The van der Waals surface area contributed by atoms with E-state index in [0.717, 1.165) is 0 Å². The third kappa shape index (κ3) is 3.89. The maximum Gasteiger partial charge on any atom is 0.286 e. The molecular formula is C18H28N6O5. The van der Waals surface area contributed by atoms with E-state index < -0.39 is 34.8 Å². The predicted octanol–water partition coefficient (Wildman–Crippen LogP) is -1.40. The lowest BCUT2D eigenvalue weighted by atomic mass is 9.83. The molecule has 3 atom stereocenters. The van der Waals surface area contributed by atoms with Crippen LogP contribution in [-0.4, -0.2) is 73.9 Å². The molecule has 2 saturated heterocycles. The summed E-state index contributed by atoms with van der Waals surface area (Å²) in [7, 11) is 0. The minimum absolute atomic E-state index is 0.235. The molecule has 1 aromatic rings. The van der Waals surface area contributed by atoms with Crippen molar-refractivity contribution in [1.82, 2.24) is 19.9 Å². The highest BCUT2D eigenvalue weighted by atomic mass is 16.5. The van der Waals surface area contributed by atoms with Crippen molar-refractivity contribution in [1.29, 1.82) is 0 Å². The standard InChI is InChI=1S/C18H28N6O5/c1-17(2,28)13-9-21-22-24(13)11-8-12(15(19)26)23(10-11)18(14(25)16(20)27)4-3-6-29-7-5-18/h9,11-12,28H,3-8,10H2,1-2H3,(H2,19,26)(H2,20,27)/t11?,12?,18-/m1/s1. The lowest BCUT2D eigenvalue weighted by Gasteiger charge is -2.41. The minimum Gasteiger partial charge on any atom is -0.384 e. The zero-order valence-electron chi connectivity index (χ0n) is 16.7. The molecule has 1 aromatic heterocycles. The van der Waals surface area contributed by atoms with Crippen molar-refractivity contribution in [2.45, 2.75) is 62.8 Å². The fourth-order valence-corrected chi connectivity index (χ4v) is 4.49. The van der Waals surface area contributed by atoms with Crippen molar-refractivity contribution < 1.29 is 24.2 Å². The molecule has 0 radical (unpaired) electrons. The van der Waals surface area contributed by atoms with Gasteiger partial charge >= 0.3 is 0 Å². The smallest absolute Gasteiger partial charge is 0.286 e. The van der Waals surface area contributed by atoms with Gasteiger partial charge in [-0.15, -0.1) is 5.10 Å². The second-order valence-electron chi connectivity index (χ2n) is 8.27. The van der Waals surface area contributed by atoms with Crippen molar-refractivity contribution in [3.63, 3.8) is 0 Å². The highest BCUT2D eigenvalue weighted by Crippen LogP contribution is 2.40. The van der Waals surface area contributed by atoms with E-state index in [2.05, 4.69) is 10.3 Å². The third-order valence-electron chi connectivity index (χ3n) is 5.89. The van der Waals surface area contributed by atoms with E-state index in [9.17, 15) is 19.5 Å². The highest BCUT2D eigenvalue weighted by molar-refractivity contribution is 6.39. The average molecular weight is 408 g/mol. The summed E-state index contributed by atoms with van der Waals surface area (Å²) in [4.78, 5) is 38.8. The number of rotatable bonds is 6. The number of hydrogen-bond donors (Lipinski definition) is 3. The second kappa shape index (κ2) is 7.81. The molecule has 2 aliphatic rings. The van der Waals surface area contributed by atoms with E-state index in [-0.39, 0.29) is 32.0 Å². The number of carbonyl (C=O) groups excluding carboxylic acids is 3. The van der Waals surface area contributed by atoms with Crippen molar-refractivity contribution in [2.75, 3.05) is 19.8 Å². The molecule has 2 amide bonds. The molecule has 2 aliphatic heterocycles. The van der Waals surface area contributed by atoms with Crippen molar-refractivity contribution in [2.24, 2.45) is 11.5 Å². The monoisotopic (exact) mass is 408 g/mol. The fraction of sp³-hybridized carbons (Fsp3) is 0.722. The van der Waals surface area contributed by atoms with Gasteiger partial charge in [-0.2, -0.15) is 0 Å². The third-order valence-corrected chi connectivity index (χ3v) is 5.89. The molecule has 29 heavy (non-hydrogen) atoms. The molecule has 11 heteroatoms. The molecule has 11 nitrogen and oxygen atoms in total. The topological polar surface area (TPSA) is 167 Å². The van der Waals surface area contributed by atoms with Crippen LogP contribution in [0.25, 0.3) is 0 Å². The lowest BCUT2D eigenvalue weighted by Crippen LogP contribution is -2.62. The Hall–Kier alpha value is -2.37. The van der Waals surface area contributed by atoms with E-state index in [1.165, 1.54) is 6.20 Å². The van der Waals surface area contributed by atoms with Gasteiger partial charge in [0.2, 0.25) is 11.7 Å². The molecule has 0 saturated carbocycles. The molecule has 5 N–H and O–H groups in total.